The highest BCUT2D eigenvalue weighted by atomic mass is 127. The summed E-state index contributed by atoms with van der Waals surface area (Å²) in [6.07, 6.45) is 2.71. The van der Waals surface area contributed by atoms with Gasteiger partial charge in [-0.3, -0.25) is 11.3 Å². The van der Waals surface area contributed by atoms with E-state index in [0.29, 0.717) is 0 Å². The SMILES string of the molecule is C=CCC(NN)c1ccccc1I. The van der Waals surface area contributed by atoms with Gasteiger partial charge in [-0.1, -0.05) is 24.3 Å². The van der Waals surface area contributed by atoms with Gasteiger partial charge < -0.3 is 0 Å². The lowest BCUT2D eigenvalue weighted by molar-refractivity contribution is 0.559. The van der Waals surface area contributed by atoms with Crippen LogP contribution in [-0.4, -0.2) is 0 Å². The third kappa shape index (κ3) is 2.79. The number of rotatable bonds is 4. The normalized spacial score (nSPS) is 12.5. The number of nitrogens with two attached hydrogens (primary N) is 1. The summed E-state index contributed by atoms with van der Waals surface area (Å²) in [6.45, 7) is 3.71. The summed E-state index contributed by atoms with van der Waals surface area (Å²) in [5, 5.41) is 0. The Bertz CT molecular complexity index is 286. The summed E-state index contributed by atoms with van der Waals surface area (Å²) in [5.41, 5.74) is 4.01. The Morgan fingerprint density at radius 2 is 2.23 bits per heavy atom. The van der Waals surface area contributed by atoms with Gasteiger partial charge in [0, 0.05) is 3.57 Å². The third-order valence-corrected chi connectivity index (χ3v) is 2.87. The molecule has 2 nitrogen and oxygen atoms in total. The Morgan fingerprint density at radius 1 is 1.54 bits per heavy atom. The summed E-state index contributed by atoms with van der Waals surface area (Å²) >= 11 is 2.31. The van der Waals surface area contributed by atoms with Crippen molar-refractivity contribution in [3.8, 4) is 0 Å². The fourth-order valence-corrected chi connectivity index (χ4v) is 1.97. The highest BCUT2D eigenvalue weighted by Crippen LogP contribution is 2.21. The minimum Gasteiger partial charge on any atom is -0.271 e. The van der Waals surface area contributed by atoms with Crippen LogP contribution in [0.3, 0.4) is 0 Å². The largest absolute Gasteiger partial charge is 0.271 e. The summed E-state index contributed by atoms with van der Waals surface area (Å²) in [5.74, 6) is 5.46. The van der Waals surface area contributed by atoms with E-state index < -0.39 is 0 Å². The van der Waals surface area contributed by atoms with Crippen molar-refractivity contribution in [3.63, 3.8) is 0 Å². The number of hydrogen-bond acceptors (Lipinski definition) is 2. The molecule has 0 aromatic heterocycles. The minimum absolute atomic E-state index is 0.172. The van der Waals surface area contributed by atoms with Crippen LogP contribution in [0.1, 0.15) is 18.0 Å². The van der Waals surface area contributed by atoms with Gasteiger partial charge in [0.05, 0.1) is 6.04 Å². The number of hydrogen-bond donors (Lipinski definition) is 2. The predicted molar refractivity (Wildman–Crippen MR) is 64.0 cm³/mol. The van der Waals surface area contributed by atoms with Gasteiger partial charge in [0.15, 0.2) is 0 Å². The second-order valence-corrected chi connectivity index (χ2v) is 3.93. The maximum Gasteiger partial charge on any atom is 0.0504 e. The minimum atomic E-state index is 0.172. The molecule has 0 fully saturated rings. The van der Waals surface area contributed by atoms with Crippen molar-refractivity contribution in [2.45, 2.75) is 12.5 Å². The van der Waals surface area contributed by atoms with Gasteiger partial charge in [-0.05, 0) is 40.6 Å². The molecule has 1 unspecified atom stereocenters. The molecule has 0 amide bonds. The van der Waals surface area contributed by atoms with Crippen LogP contribution >= 0.6 is 22.6 Å². The molecule has 0 saturated carbocycles. The van der Waals surface area contributed by atoms with Crippen LogP contribution in [0.25, 0.3) is 0 Å². The van der Waals surface area contributed by atoms with E-state index in [1.54, 1.807) is 0 Å². The average Bonchev–Trinajstić information content (AvgIpc) is 2.16. The van der Waals surface area contributed by atoms with E-state index in [-0.39, 0.29) is 6.04 Å². The first-order valence-corrected chi connectivity index (χ1v) is 5.19. The van der Waals surface area contributed by atoms with Gasteiger partial charge >= 0.3 is 0 Å². The molecule has 1 aromatic rings. The summed E-state index contributed by atoms with van der Waals surface area (Å²) in [4.78, 5) is 0. The first kappa shape index (κ1) is 10.7. The number of benzene rings is 1. The molecule has 13 heavy (non-hydrogen) atoms. The predicted octanol–water partition coefficient (Wildman–Crippen LogP) is 2.37. The molecule has 0 heterocycles. The molecule has 70 valence electrons. The van der Waals surface area contributed by atoms with E-state index in [4.69, 9.17) is 5.84 Å². The summed E-state index contributed by atoms with van der Waals surface area (Å²) < 4.78 is 1.23. The number of hydrazine groups is 1. The Balaban J connectivity index is 2.90. The Labute approximate surface area is 92.3 Å². The van der Waals surface area contributed by atoms with E-state index >= 15 is 0 Å². The smallest absolute Gasteiger partial charge is 0.0504 e. The molecule has 0 aliphatic heterocycles. The van der Waals surface area contributed by atoms with Gasteiger partial charge in [-0.15, -0.1) is 6.58 Å². The zero-order chi connectivity index (χ0) is 9.68. The van der Waals surface area contributed by atoms with Gasteiger partial charge in [-0.2, -0.15) is 0 Å². The lowest BCUT2D eigenvalue weighted by Crippen LogP contribution is -2.28. The van der Waals surface area contributed by atoms with Crippen molar-refractivity contribution in [2.24, 2.45) is 5.84 Å². The van der Waals surface area contributed by atoms with Crippen molar-refractivity contribution in [1.29, 1.82) is 0 Å². The highest BCUT2D eigenvalue weighted by Gasteiger charge is 2.09. The molecule has 0 saturated heterocycles. The fourth-order valence-electron chi connectivity index (χ4n) is 1.21. The molecule has 1 aromatic carbocycles. The van der Waals surface area contributed by atoms with E-state index in [2.05, 4.69) is 46.7 Å². The number of halogens is 1. The molecule has 1 atom stereocenters. The Kier molecular flexibility index (Phi) is 4.41. The molecule has 0 aliphatic rings. The van der Waals surface area contributed by atoms with Gasteiger partial charge in [0.1, 0.15) is 0 Å². The molecule has 3 heteroatoms. The lowest BCUT2D eigenvalue weighted by atomic mass is 10.0. The van der Waals surface area contributed by atoms with E-state index in [9.17, 15) is 0 Å². The molecular weight excluding hydrogens is 275 g/mol. The molecule has 3 N–H and O–H groups in total. The third-order valence-electron chi connectivity index (χ3n) is 1.88. The fraction of sp³-hybridized carbons (Fsp3) is 0.200. The van der Waals surface area contributed by atoms with Crippen molar-refractivity contribution < 1.29 is 0 Å². The van der Waals surface area contributed by atoms with E-state index in [1.807, 2.05) is 18.2 Å². The van der Waals surface area contributed by atoms with Crippen LogP contribution in [0.15, 0.2) is 36.9 Å². The van der Waals surface area contributed by atoms with Crippen LogP contribution in [-0.2, 0) is 0 Å². The van der Waals surface area contributed by atoms with E-state index in [0.717, 1.165) is 6.42 Å². The second-order valence-electron chi connectivity index (χ2n) is 2.77. The van der Waals surface area contributed by atoms with Crippen LogP contribution in [0.4, 0.5) is 0 Å². The summed E-state index contributed by atoms with van der Waals surface area (Å²) in [7, 11) is 0. The summed E-state index contributed by atoms with van der Waals surface area (Å²) in [6, 6.07) is 8.36. The second kappa shape index (κ2) is 5.36. The van der Waals surface area contributed by atoms with Crippen LogP contribution in [0.2, 0.25) is 0 Å². The van der Waals surface area contributed by atoms with Crippen molar-refractivity contribution in [2.75, 3.05) is 0 Å². The maximum absolute atomic E-state index is 5.46. The van der Waals surface area contributed by atoms with Crippen LogP contribution in [0, 0.1) is 3.57 Å². The van der Waals surface area contributed by atoms with Crippen molar-refractivity contribution in [3.05, 3.63) is 46.1 Å². The maximum atomic E-state index is 5.46. The lowest BCUT2D eigenvalue weighted by Gasteiger charge is -2.15. The monoisotopic (exact) mass is 288 g/mol. The zero-order valence-corrected chi connectivity index (χ0v) is 9.49. The highest BCUT2D eigenvalue weighted by molar-refractivity contribution is 14.1. The zero-order valence-electron chi connectivity index (χ0n) is 7.33. The molecule has 0 bridgehead atoms. The Hall–Kier alpha value is -0.390. The first-order chi connectivity index (χ1) is 6.29. The number of nitrogens with one attached hydrogen (secondary N) is 1. The molecule has 0 radical (unpaired) electrons. The molecule has 0 spiro atoms. The van der Waals surface area contributed by atoms with E-state index in [1.165, 1.54) is 9.13 Å². The quantitative estimate of drug-likeness (QED) is 0.386. The molecular formula is C10H13IN2. The van der Waals surface area contributed by atoms with Crippen molar-refractivity contribution in [1.82, 2.24) is 5.43 Å². The molecule has 1 rings (SSSR count). The van der Waals surface area contributed by atoms with Crippen molar-refractivity contribution >= 4 is 22.6 Å². The molecule has 0 aliphatic carbocycles. The average molecular weight is 288 g/mol. The topological polar surface area (TPSA) is 38.0 Å². The first-order valence-electron chi connectivity index (χ1n) is 4.11. The van der Waals surface area contributed by atoms with Gasteiger partial charge in [0.2, 0.25) is 0 Å². The van der Waals surface area contributed by atoms with Crippen LogP contribution < -0.4 is 11.3 Å². The standard InChI is InChI=1S/C10H13IN2/c1-2-5-10(13-12)8-6-3-4-7-9(8)11/h2-4,6-7,10,13H,1,5,12H2. The van der Waals surface area contributed by atoms with Crippen LogP contribution in [0.5, 0.6) is 0 Å². The van der Waals surface area contributed by atoms with Gasteiger partial charge in [0.25, 0.3) is 0 Å². The Morgan fingerprint density at radius 3 is 2.77 bits per heavy atom. The van der Waals surface area contributed by atoms with Gasteiger partial charge in [-0.25, -0.2) is 0 Å².